The molecule has 4 N–H and O–H groups in total. The Balaban J connectivity index is 1.93. The lowest BCUT2D eigenvalue weighted by molar-refractivity contribution is 0.165. The highest BCUT2D eigenvalue weighted by atomic mass is 16.5. The zero-order valence-corrected chi connectivity index (χ0v) is 12.7. The number of ether oxygens (including phenoxy) is 1. The van der Waals surface area contributed by atoms with Gasteiger partial charge >= 0.3 is 6.03 Å². The van der Waals surface area contributed by atoms with Gasteiger partial charge in [0, 0.05) is 25.3 Å². The molecule has 1 heterocycles. The second-order valence-electron chi connectivity index (χ2n) is 5.60. The maximum absolute atomic E-state index is 12.2. The lowest BCUT2D eigenvalue weighted by Gasteiger charge is -2.40. The molecule has 0 saturated carbocycles. The SMILES string of the molecule is COc1ccc(NC(=O)NC2(CN)CCN(C)CC2)cc1. The van der Waals surface area contributed by atoms with E-state index in [-0.39, 0.29) is 11.6 Å². The molecular weight excluding hydrogens is 268 g/mol. The molecule has 0 spiro atoms. The lowest BCUT2D eigenvalue weighted by atomic mass is 9.88. The van der Waals surface area contributed by atoms with Crippen LogP contribution in [0.25, 0.3) is 0 Å². The largest absolute Gasteiger partial charge is 0.497 e. The van der Waals surface area contributed by atoms with Gasteiger partial charge < -0.3 is 26.0 Å². The highest BCUT2D eigenvalue weighted by molar-refractivity contribution is 5.89. The Morgan fingerprint density at radius 2 is 1.95 bits per heavy atom. The summed E-state index contributed by atoms with van der Waals surface area (Å²) in [6, 6.07) is 7.02. The summed E-state index contributed by atoms with van der Waals surface area (Å²) in [5, 5.41) is 5.88. The number of piperidine rings is 1. The summed E-state index contributed by atoms with van der Waals surface area (Å²) in [7, 11) is 3.69. The summed E-state index contributed by atoms with van der Waals surface area (Å²) in [6.45, 7) is 2.34. The Bertz CT molecular complexity index is 467. The molecule has 1 aromatic carbocycles. The summed E-state index contributed by atoms with van der Waals surface area (Å²) in [5.74, 6) is 0.759. The van der Waals surface area contributed by atoms with Gasteiger partial charge in [0.1, 0.15) is 5.75 Å². The quantitative estimate of drug-likeness (QED) is 0.780. The van der Waals surface area contributed by atoms with Crippen LogP contribution in [0.15, 0.2) is 24.3 Å². The van der Waals surface area contributed by atoms with Crippen molar-refractivity contribution in [3.8, 4) is 5.75 Å². The minimum absolute atomic E-state index is 0.213. The summed E-state index contributed by atoms with van der Waals surface area (Å²) in [4.78, 5) is 14.4. The number of benzene rings is 1. The Labute approximate surface area is 125 Å². The van der Waals surface area contributed by atoms with Crippen LogP contribution < -0.4 is 21.1 Å². The van der Waals surface area contributed by atoms with Crippen LogP contribution in [0.3, 0.4) is 0 Å². The Kier molecular flexibility index (Phi) is 5.03. The van der Waals surface area contributed by atoms with Crippen LogP contribution in [0.5, 0.6) is 5.75 Å². The van der Waals surface area contributed by atoms with Crippen LogP contribution in [0, 0.1) is 0 Å². The third kappa shape index (κ3) is 4.09. The number of urea groups is 1. The second kappa shape index (κ2) is 6.78. The molecule has 2 rings (SSSR count). The first-order chi connectivity index (χ1) is 10.1. The molecule has 6 heteroatoms. The van der Waals surface area contributed by atoms with E-state index in [2.05, 4.69) is 22.6 Å². The Morgan fingerprint density at radius 1 is 1.33 bits per heavy atom. The summed E-state index contributed by atoms with van der Waals surface area (Å²) >= 11 is 0. The third-order valence-corrected chi connectivity index (χ3v) is 4.06. The van der Waals surface area contributed by atoms with Crippen LogP contribution in [0.2, 0.25) is 0 Å². The molecule has 0 unspecified atom stereocenters. The van der Waals surface area contributed by atoms with Gasteiger partial charge in [-0.15, -0.1) is 0 Å². The Hall–Kier alpha value is -1.79. The van der Waals surface area contributed by atoms with Crippen molar-refractivity contribution in [2.24, 2.45) is 5.73 Å². The first-order valence-corrected chi connectivity index (χ1v) is 7.19. The standard InChI is InChI=1S/C15H24N4O2/c1-19-9-7-15(11-16,8-10-19)18-14(20)17-12-3-5-13(21-2)6-4-12/h3-6H,7-11,16H2,1-2H3,(H2,17,18,20). The van der Waals surface area contributed by atoms with Crippen molar-refractivity contribution < 1.29 is 9.53 Å². The molecule has 116 valence electrons. The van der Waals surface area contributed by atoms with Crippen molar-refractivity contribution in [2.45, 2.75) is 18.4 Å². The van der Waals surface area contributed by atoms with E-state index in [1.165, 1.54) is 0 Å². The van der Waals surface area contributed by atoms with Crippen LogP contribution in [-0.2, 0) is 0 Å². The maximum atomic E-state index is 12.2. The number of carbonyl (C=O) groups excluding carboxylic acids is 1. The van der Waals surface area contributed by atoms with E-state index in [1.54, 1.807) is 7.11 Å². The van der Waals surface area contributed by atoms with Crippen molar-refractivity contribution in [3.63, 3.8) is 0 Å². The molecule has 2 amide bonds. The van der Waals surface area contributed by atoms with E-state index in [0.717, 1.165) is 37.4 Å². The molecule has 0 bridgehead atoms. The molecular formula is C15H24N4O2. The number of carbonyl (C=O) groups is 1. The van der Waals surface area contributed by atoms with Gasteiger partial charge in [0.25, 0.3) is 0 Å². The van der Waals surface area contributed by atoms with Gasteiger partial charge in [0.2, 0.25) is 0 Å². The number of likely N-dealkylation sites (tertiary alicyclic amines) is 1. The maximum Gasteiger partial charge on any atom is 0.319 e. The van der Waals surface area contributed by atoms with E-state index >= 15 is 0 Å². The molecule has 6 nitrogen and oxygen atoms in total. The van der Waals surface area contributed by atoms with Gasteiger partial charge in [-0.1, -0.05) is 0 Å². The minimum Gasteiger partial charge on any atom is -0.497 e. The minimum atomic E-state index is -0.303. The molecule has 1 aromatic rings. The predicted molar refractivity (Wildman–Crippen MR) is 83.7 cm³/mol. The van der Waals surface area contributed by atoms with E-state index in [4.69, 9.17) is 10.5 Å². The zero-order valence-electron chi connectivity index (χ0n) is 12.7. The van der Waals surface area contributed by atoms with Gasteiger partial charge in [-0.2, -0.15) is 0 Å². The first kappa shape index (κ1) is 15.6. The van der Waals surface area contributed by atoms with Crippen molar-refractivity contribution in [3.05, 3.63) is 24.3 Å². The number of nitrogens with zero attached hydrogens (tertiary/aromatic N) is 1. The van der Waals surface area contributed by atoms with Crippen LogP contribution >= 0.6 is 0 Å². The van der Waals surface area contributed by atoms with E-state index in [1.807, 2.05) is 24.3 Å². The first-order valence-electron chi connectivity index (χ1n) is 7.19. The summed E-state index contributed by atoms with van der Waals surface area (Å²) in [5.41, 5.74) is 6.31. The number of hydrogen-bond donors (Lipinski definition) is 3. The normalized spacial score (nSPS) is 18.0. The highest BCUT2D eigenvalue weighted by Crippen LogP contribution is 2.21. The van der Waals surface area contributed by atoms with E-state index in [9.17, 15) is 4.79 Å². The van der Waals surface area contributed by atoms with Crippen molar-refractivity contribution in [2.75, 3.05) is 39.1 Å². The van der Waals surface area contributed by atoms with Crippen molar-refractivity contribution >= 4 is 11.7 Å². The Morgan fingerprint density at radius 3 is 2.48 bits per heavy atom. The molecule has 1 saturated heterocycles. The second-order valence-corrected chi connectivity index (χ2v) is 5.60. The van der Waals surface area contributed by atoms with Gasteiger partial charge in [-0.3, -0.25) is 0 Å². The van der Waals surface area contributed by atoms with Gasteiger partial charge in [-0.25, -0.2) is 4.79 Å². The molecule has 1 aliphatic rings. The van der Waals surface area contributed by atoms with Crippen LogP contribution in [0.4, 0.5) is 10.5 Å². The fourth-order valence-electron chi connectivity index (χ4n) is 2.50. The van der Waals surface area contributed by atoms with Crippen molar-refractivity contribution in [1.29, 1.82) is 0 Å². The molecule has 0 radical (unpaired) electrons. The number of nitrogens with two attached hydrogens (primary N) is 1. The number of methoxy groups -OCH3 is 1. The molecule has 0 aliphatic carbocycles. The number of amides is 2. The number of rotatable bonds is 4. The van der Waals surface area contributed by atoms with Crippen molar-refractivity contribution in [1.82, 2.24) is 10.2 Å². The molecule has 0 aromatic heterocycles. The number of anilines is 1. The number of hydrogen-bond acceptors (Lipinski definition) is 4. The average Bonchev–Trinajstić information content (AvgIpc) is 2.50. The third-order valence-electron chi connectivity index (χ3n) is 4.06. The van der Waals surface area contributed by atoms with E-state index in [0.29, 0.717) is 6.54 Å². The fraction of sp³-hybridized carbons (Fsp3) is 0.533. The van der Waals surface area contributed by atoms with Gasteiger partial charge in [0.05, 0.1) is 12.6 Å². The topological polar surface area (TPSA) is 79.6 Å². The van der Waals surface area contributed by atoms with E-state index < -0.39 is 0 Å². The smallest absolute Gasteiger partial charge is 0.319 e. The van der Waals surface area contributed by atoms with Gasteiger partial charge in [0.15, 0.2) is 0 Å². The lowest BCUT2D eigenvalue weighted by Crippen LogP contribution is -2.59. The monoisotopic (exact) mass is 292 g/mol. The molecule has 1 aliphatic heterocycles. The summed E-state index contributed by atoms with van der Waals surface area (Å²) in [6.07, 6.45) is 1.74. The van der Waals surface area contributed by atoms with Crippen LogP contribution in [0.1, 0.15) is 12.8 Å². The average molecular weight is 292 g/mol. The van der Waals surface area contributed by atoms with Crippen LogP contribution in [-0.4, -0.2) is 50.3 Å². The van der Waals surface area contributed by atoms with Gasteiger partial charge in [-0.05, 0) is 44.2 Å². The highest BCUT2D eigenvalue weighted by Gasteiger charge is 2.33. The number of nitrogens with one attached hydrogen (secondary N) is 2. The molecule has 1 fully saturated rings. The zero-order chi connectivity index (χ0) is 15.3. The molecule has 21 heavy (non-hydrogen) atoms. The fourth-order valence-corrected chi connectivity index (χ4v) is 2.50. The summed E-state index contributed by atoms with van der Waals surface area (Å²) < 4.78 is 5.09. The predicted octanol–water partition coefficient (Wildman–Crippen LogP) is 1.24. The molecule has 0 atom stereocenters.